The maximum atomic E-state index is 13.2. The number of carbonyl (C=O) groups excluding carboxylic acids is 1. The molecule has 1 amide bonds. The highest BCUT2D eigenvalue weighted by molar-refractivity contribution is 7.99. The molecule has 0 spiro atoms. The van der Waals surface area contributed by atoms with Crippen LogP contribution < -0.4 is 5.32 Å². The van der Waals surface area contributed by atoms with E-state index in [1.165, 1.54) is 30.3 Å². The molecule has 0 bridgehead atoms. The van der Waals surface area contributed by atoms with Crippen molar-refractivity contribution in [3.63, 3.8) is 0 Å². The van der Waals surface area contributed by atoms with Gasteiger partial charge in [0, 0.05) is 29.6 Å². The summed E-state index contributed by atoms with van der Waals surface area (Å²) in [5.41, 5.74) is -0.823. The Labute approximate surface area is 186 Å². The number of benzene rings is 2. The average molecular weight is 495 g/mol. The van der Waals surface area contributed by atoms with Gasteiger partial charge >= 0.3 is 6.18 Å². The fourth-order valence-electron chi connectivity index (χ4n) is 3.39. The van der Waals surface area contributed by atoms with Crippen LogP contribution in [-0.2, 0) is 21.0 Å². The van der Waals surface area contributed by atoms with E-state index in [0.29, 0.717) is 22.3 Å². The van der Waals surface area contributed by atoms with E-state index in [1.807, 2.05) is 0 Å². The number of halogens is 5. The molecular weight excluding hydrogens is 475 g/mol. The maximum Gasteiger partial charge on any atom is 0.417 e. The van der Waals surface area contributed by atoms with Gasteiger partial charge in [-0.25, -0.2) is 8.42 Å². The Morgan fingerprint density at radius 2 is 1.62 bits per heavy atom. The minimum atomic E-state index is -4.81. The van der Waals surface area contributed by atoms with E-state index in [1.54, 1.807) is 0 Å². The molecule has 1 N–H and O–H groups in total. The van der Waals surface area contributed by atoms with Gasteiger partial charge in [0.25, 0.3) is 5.76 Å². The fourth-order valence-corrected chi connectivity index (χ4v) is 5.57. The summed E-state index contributed by atoms with van der Waals surface area (Å²) in [6.07, 6.45) is -4.54. The second kappa shape index (κ2) is 9.75. The number of piperidine rings is 1. The zero-order valence-corrected chi connectivity index (χ0v) is 18.1. The molecule has 3 rings (SSSR count). The van der Waals surface area contributed by atoms with Gasteiger partial charge in [0.05, 0.1) is 10.5 Å². The predicted molar refractivity (Wildman–Crippen MR) is 110 cm³/mol. The van der Waals surface area contributed by atoms with E-state index in [9.17, 15) is 35.2 Å². The van der Waals surface area contributed by atoms with Gasteiger partial charge < -0.3 is 5.32 Å². The standard InChI is InChI=1S/C20H19F5N2O3S2/c21-19(22)31-15-7-5-14(6-8-15)26-18(28)13-9-11-27(12-10-13)32(29,30)17-4-2-1-3-16(17)20(23,24)25/h1-8,13,19H,9-12H2,(H,26,28). The van der Waals surface area contributed by atoms with Crippen molar-refractivity contribution in [2.45, 2.75) is 34.6 Å². The molecule has 2 aromatic carbocycles. The zero-order valence-electron chi connectivity index (χ0n) is 16.5. The number of alkyl halides is 5. The van der Waals surface area contributed by atoms with Gasteiger partial charge in [-0.1, -0.05) is 23.9 Å². The van der Waals surface area contributed by atoms with E-state index >= 15 is 0 Å². The Morgan fingerprint density at radius 1 is 1.03 bits per heavy atom. The topological polar surface area (TPSA) is 66.5 Å². The number of rotatable bonds is 6. The first-order valence-electron chi connectivity index (χ1n) is 9.50. The first-order valence-corrected chi connectivity index (χ1v) is 11.8. The van der Waals surface area contributed by atoms with Crippen molar-refractivity contribution in [3.8, 4) is 0 Å². The van der Waals surface area contributed by atoms with Crippen molar-refractivity contribution in [1.82, 2.24) is 4.31 Å². The smallest absolute Gasteiger partial charge is 0.326 e. The van der Waals surface area contributed by atoms with Crippen LogP contribution >= 0.6 is 11.8 Å². The number of thioether (sulfide) groups is 1. The van der Waals surface area contributed by atoms with Crippen LogP contribution in [0.25, 0.3) is 0 Å². The van der Waals surface area contributed by atoms with E-state index in [4.69, 9.17) is 0 Å². The molecule has 174 valence electrons. The van der Waals surface area contributed by atoms with Gasteiger partial charge in [-0.15, -0.1) is 0 Å². The van der Waals surface area contributed by atoms with Crippen LogP contribution in [0.1, 0.15) is 18.4 Å². The Kier molecular flexibility index (Phi) is 7.46. The van der Waals surface area contributed by atoms with Crippen LogP contribution in [0.3, 0.4) is 0 Å². The average Bonchev–Trinajstić information content (AvgIpc) is 2.74. The third-order valence-electron chi connectivity index (χ3n) is 4.98. The number of nitrogens with one attached hydrogen (secondary N) is 1. The molecule has 0 saturated carbocycles. The zero-order chi connectivity index (χ0) is 23.5. The summed E-state index contributed by atoms with van der Waals surface area (Å²) in [4.78, 5) is 12.0. The summed E-state index contributed by atoms with van der Waals surface area (Å²) in [5.74, 6) is -3.46. The first kappa shape index (κ1) is 24.5. The van der Waals surface area contributed by atoms with Gasteiger partial charge in [-0.05, 0) is 49.2 Å². The largest absolute Gasteiger partial charge is 0.417 e. The number of carbonyl (C=O) groups is 1. The molecule has 1 saturated heterocycles. The van der Waals surface area contributed by atoms with Gasteiger partial charge in [0.1, 0.15) is 0 Å². The minimum Gasteiger partial charge on any atom is -0.326 e. The minimum absolute atomic E-state index is 0.101. The van der Waals surface area contributed by atoms with Crippen molar-refractivity contribution in [1.29, 1.82) is 0 Å². The highest BCUT2D eigenvalue weighted by atomic mass is 32.2. The van der Waals surface area contributed by atoms with Crippen LogP contribution in [0.4, 0.5) is 27.6 Å². The van der Waals surface area contributed by atoms with Crippen LogP contribution in [-0.4, -0.2) is 37.5 Å². The monoisotopic (exact) mass is 494 g/mol. The van der Waals surface area contributed by atoms with Gasteiger partial charge in [0.15, 0.2) is 0 Å². The number of hydrogen-bond donors (Lipinski definition) is 1. The molecule has 0 radical (unpaired) electrons. The van der Waals surface area contributed by atoms with E-state index in [0.717, 1.165) is 22.5 Å². The number of amides is 1. The lowest BCUT2D eigenvalue weighted by Crippen LogP contribution is -2.41. The van der Waals surface area contributed by atoms with Crippen LogP contribution in [0.15, 0.2) is 58.3 Å². The number of nitrogens with zero attached hydrogens (tertiary/aromatic N) is 1. The fraction of sp³-hybridized carbons (Fsp3) is 0.350. The summed E-state index contributed by atoms with van der Waals surface area (Å²) in [6.45, 7) is -0.201. The van der Waals surface area contributed by atoms with Gasteiger partial charge in [0.2, 0.25) is 15.9 Å². The second-order valence-corrected chi connectivity index (χ2v) is 10.0. The molecule has 5 nitrogen and oxygen atoms in total. The highest BCUT2D eigenvalue weighted by Gasteiger charge is 2.40. The summed E-state index contributed by atoms with van der Waals surface area (Å²) < 4.78 is 91.0. The lowest BCUT2D eigenvalue weighted by Gasteiger charge is -2.31. The van der Waals surface area contributed by atoms with Gasteiger partial charge in [-0.2, -0.15) is 26.3 Å². The van der Waals surface area contributed by atoms with Crippen molar-refractivity contribution >= 4 is 33.4 Å². The van der Waals surface area contributed by atoms with E-state index < -0.39 is 38.3 Å². The lowest BCUT2D eigenvalue weighted by molar-refractivity contribution is -0.139. The quantitative estimate of drug-likeness (QED) is 0.451. The summed E-state index contributed by atoms with van der Waals surface area (Å²) in [5, 5.41) is 2.65. The van der Waals surface area contributed by atoms with E-state index in [-0.39, 0.29) is 31.8 Å². The van der Waals surface area contributed by atoms with E-state index in [2.05, 4.69) is 5.32 Å². The molecule has 32 heavy (non-hydrogen) atoms. The number of hydrogen-bond acceptors (Lipinski definition) is 4. The second-order valence-electron chi connectivity index (χ2n) is 7.06. The summed E-state index contributed by atoms with van der Waals surface area (Å²) in [6, 6.07) is 9.85. The van der Waals surface area contributed by atoms with Crippen LogP contribution in [0.5, 0.6) is 0 Å². The molecule has 2 aromatic rings. The maximum absolute atomic E-state index is 13.2. The van der Waals surface area contributed by atoms with Crippen molar-refractivity contribution < 1.29 is 35.2 Å². The van der Waals surface area contributed by atoms with Gasteiger partial charge in [-0.3, -0.25) is 4.79 Å². The Hall–Kier alpha value is -2.18. The SMILES string of the molecule is O=C(Nc1ccc(SC(F)F)cc1)C1CCN(S(=O)(=O)c2ccccc2C(F)(F)F)CC1. The Bertz CT molecular complexity index is 1050. The van der Waals surface area contributed by atoms with Crippen molar-refractivity contribution in [3.05, 3.63) is 54.1 Å². The normalized spacial score (nSPS) is 16.3. The third kappa shape index (κ3) is 5.78. The highest BCUT2D eigenvalue weighted by Crippen LogP contribution is 2.36. The molecular formula is C20H19F5N2O3S2. The molecule has 1 fully saturated rings. The Morgan fingerprint density at radius 3 is 2.19 bits per heavy atom. The molecule has 0 aromatic heterocycles. The third-order valence-corrected chi connectivity index (χ3v) is 7.66. The number of anilines is 1. The summed E-state index contributed by atoms with van der Waals surface area (Å²) >= 11 is 0.378. The molecule has 12 heteroatoms. The summed E-state index contributed by atoms with van der Waals surface area (Å²) in [7, 11) is -4.38. The molecule has 1 aliphatic rings. The Balaban J connectivity index is 1.63. The van der Waals surface area contributed by atoms with Crippen molar-refractivity contribution in [2.75, 3.05) is 18.4 Å². The predicted octanol–water partition coefficient (Wildman–Crippen LogP) is 5.06. The van der Waals surface area contributed by atoms with Crippen LogP contribution in [0.2, 0.25) is 0 Å². The molecule has 0 atom stereocenters. The lowest BCUT2D eigenvalue weighted by atomic mass is 9.97. The molecule has 1 heterocycles. The molecule has 0 aliphatic carbocycles. The number of sulfonamides is 1. The first-order chi connectivity index (χ1) is 15.0. The van der Waals surface area contributed by atoms with Crippen LogP contribution in [0, 0.1) is 5.92 Å². The molecule has 0 unspecified atom stereocenters. The molecule has 1 aliphatic heterocycles. The van der Waals surface area contributed by atoms with Crippen molar-refractivity contribution in [2.24, 2.45) is 5.92 Å².